The summed E-state index contributed by atoms with van der Waals surface area (Å²) in [5, 5.41) is 14.6. The van der Waals surface area contributed by atoms with Gasteiger partial charge in [-0.3, -0.25) is 9.59 Å². The number of ether oxygens (including phenoxy) is 3. The van der Waals surface area contributed by atoms with Crippen LogP contribution in [0.4, 0.5) is 4.79 Å². The van der Waals surface area contributed by atoms with E-state index in [0.29, 0.717) is 37.0 Å². The summed E-state index contributed by atoms with van der Waals surface area (Å²) in [6.07, 6.45) is 1.86. The van der Waals surface area contributed by atoms with Gasteiger partial charge in [0.15, 0.2) is 0 Å². The fourth-order valence-corrected chi connectivity index (χ4v) is 4.93. The van der Waals surface area contributed by atoms with E-state index in [2.05, 4.69) is 15.6 Å². The second-order valence-electron chi connectivity index (χ2n) is 10.4. The molecule has 3 N–H and O–H groups in total. The monoisotopic (exact) mass is 579 g/mol. The average Bonchev–Trinajstić information content (AvgIpc) is 3.36. The fraction of sp³-hybridized carbons (Fsp3) is 0.419. The number of aryl methyl sites for hydroxylation is 1. The van der Waals surface area contributed by atoms with E-state index in [4.69, 9.17) is 18.6 Å². The van der Waals surface area contributed by atoms with E-state index < -0.39 is 30.4 Å². The standard InChI is InChI=1S/C31H37N3O8/c1-20-27(33-30(42-20)23-11-7-13-25(15-23)39-2)19-40-17-22-10-6-12-24(14-22)32-29(37)26(16-28(35)36)34-31(38)41-18-21-8-4-3-5-9-21/h3-5,7-9,11,13,15,22,24,26H,6,10,12,14,16-19H2,1-2H3,(H,32,37)(H,34,38)(H,35,36)/t22?,24?,26-/m0/s1. The fourth-order valence-electron chi connectivity index (χ4n) is 4.93. The minimum Gasteiger partial charge on any atom is -0.497 e. The lowest BCUT2D eigenvalue weighted by Gasteiger charge is -2.30. The van der Waals surface area contributed by atoms with Crippen LogP contribution in [0.2, 0.25) is 0 Å². The van der Waals surface area contributed by atoms with Gasteiger partial charge in [-0.2, -0.15) is 0 Å². The number of oxazole rings is 1. The number of rotatable bonds is 13. The van der Waals surface area contributed by atoms with Gasteiger partial charge < -0.3 is 34.4 Å². The van der Waals surface area contributed by atoms with Crippen molar-refractivity contribution in [2.24, 2.45) is 5.92 Å². The molecule has 1 aliphatic carbocycles. The van der Waals surface area contributed by atoms with Gasteiger partial charge in [0.2, 0.25) is 11.8 Å². The summed E-state index contributed by atoms with van der Waals surface area (Å²) >= 11 is 0. The van der Waals surface area contributed by atoms with Crippen molar-refractivity contribution in [3.63, 3.8) is 0 Å². The van der Waals surface area contributed by atoms with Gasteiger partial charge in [-0.05, 0) is 55.9 Å². The summed E-state index contributed by atoms with van der Waals surface area (Å²) in [6, 6.07) is 15.1. The molecule has 1 aliphatic rings. The van der Waals surface area contributed by atoms with Crippen molar-refractivity contribution >= 4 is 18.0 Å². The third kappa shape index (κ3) is 9.07. The molecule has 1 aromatic heterocycles. The Hall–Kier alpha value is -4.38. The molecule has 4 rings (SSSR count). The minimum absolute atomic E-state index is 0.00850. The molecule has 1 saturated carbocycles. The van der Waals surface area contributed by atoms with Crippen LogP contribution in [0.25, 0.3) is 11.5 Å². The molecule has 1 fully saturated rings. The molecule has 2 amide bonds. The molecule has 224 valence electrons. The Balaban J connectivity index is 1.25. The molecule has 3 atom stereocenters. The number of aromatic nitrogens is 1. The molecule has 3 aromatic rings. The maximum atomic E-state index is 13.0. The maximum Gasteiger partial charge on any atom is 0.408 e. The molecule has 0 saturated heterocycles. The van der Waals surface area contributed by atoms with Gasteiger partial charge in [-0.15, -0.1) is 0 Å². The molecule has 1 heterocycles. The predicted molar refractivity (Wildman–Crippen MR) is 153 cm³/mol. The minimum atomic E-state index is -1.25. The number of carboxylic acid groups (broad SMARTS) is 1. The van der Waals surface area contributed by atoms with Crippen molar-refractivity contribution in [3.05, 3.63) is 71.6 Å². The molecule has 11 heteroatoms. The van der Waals surface area contributed by atoms with E-state index >= 15 is 0 Å². The van der Waals surface area contributed by atoms with Crippen molar-refractivity contribution < 1.29 is 38.1 Å². The van der Waals surface area contributed by atoms with Gasteiger partial charge in [-0.1, -0.05) is 42.8 Å². The van der Waals surface area contributed by atoms with Crippen molar-refractivity contribution in [1.29, 1.82) is 0 Å². The Kier molecular flexibility index (Phi) is 10.9. The maximum absolute atomic E-state index is 13.0. The number of hydrogen-bond donors (Lipinski definition) is 3. The summed E-state index contributed by atoms with van der Waals surface area (Å²) in [6.45, 7) is 2.63. The smallest absolute Gasteiger partial charge is 0.408 e. The van der Waals surface area contributed by atoms with Gasteiger partial charge >= 0.3 is 12.1 Å². The van der Waals surface area contributed by atoms with Crippen molar-refractivity contribution in [3.8, 4) is 17.2 Å². The summed E-state index contributed by atoms with van der Waals surface area (Å²) in [5.74, 6) is 0.346. The lowest BCUT2D eigenvalue weighted by molar-refractivity contribution is -0.140. The number of carbonyl (C=O) groups excluding carboxylic acids is 2. The number of carbonyl (C=O) groups is 3. The van der Waals surface area contributed by atoms with Crippen LogP contribution in [0, 0.1) is 12.8 Å². The first-order valence-corrected chi connectivity index (χ1v) is 14.0. The number of methoxy groups -OCH3 is 1. The predicted octanol–water partition coefficient (Wildman–Crippen LogP) is 4.62. The third-order valence-electron chi connectivity index (χ3n) is 7.13. The number of nitrogens with zero attached hydrogens (tertiary/aromatic N) is 1. The van der Waals surface area contributed by atoms with E-state index in [1.165, 1.54) is 0 Å². The molecule has 0 spiro atoms. The molecule has 42 heavy (non-hydrogen) atoms. The van der Waals surface area contributed by atoms with Gasteiger partial charge in [0, 0.05) is 18.2 Å². The Morgan fingerprint density at radius 3 is 2.67 bits per heavy atom. The number of benzene rings is 2. The highest BCUT2D eigenvalue weighted by Crippen LogP contribution is 2.27. The average molecular weight is 580 g/mol. The van der Waals surface area contributed by atoms with Crippen LogP contribution in [0.3, 0.4) is 0 Å². The van der Waals surface area contributed by atoms with Crippen molar-refractivity contribution in [2.45, 2.75) is 64.3 Å². The molecule has 0 aliphatic heterocycles. The van der Waals surface area contributed by atoms with Crippen LogP contribution >= 0.6 is 0 Å². The Morgan fingerprint density at radius 2 is 1.90 bits per heavy atom. The van der Waals surface area contributed by atoms with E-state index in [1.807, 2.05) is 49.4 Å². The molecule has 2 unspecified atom stereocenters. The third-order valence-corrected chi connectivity index (χ3v) is 7.13. The van der Waals surface area contributed by atoms with Crippen LogP contribution in [0.15, 0.2) is 59.0 Å². The van der Waals surface area contributed by atoms with Crippen LogP contribution in [0.1, 0.15) is 49.1 Å². The lowest BCUT2D eigenvalue weighted by Crippen LogP contribution is -2.51. The van der Waals surface area contributed by atoms with Gasteiger partial charge in [0.25, 0.3) is 0 Å². The SMILES string of the molecule is COc1cccc(-c2nc(COCC3CCCC(NC(=O)[C@H](CC(=O)O)NC(=O)OCc4ccccc4)C3)c(C)o2)c1. The Labute approximate surface area is 244 Å². The largest absolute Gasteiger partial charge is 0.497 e. The number of amides is 2. The zero-order valence-electron chi connectivity index (χ0n) is 23.8. The molecule has 0 radical (unpaired) electrons. The number of nitrogens with one attached hydrogen (secondary N) is 2. The van der Waals surface area contributed by atoms with Crippen LogP contribution in [-0.4, -0.2) is 53.9 Å². The first-order valence-electron chi connectivity index (χ1n) is 14.0. The number of hydrogen-bond acceptors (Lipinski definition) is 8. The summed E-state index contributed by atoms with van der Waals surface area (Å²) in [4.78, 5) is 41.2. The Morgan fingerprint density at radius 1 is 1.10 bits per heavy atom. The highest BCUT2D eigenvalue weighted by Gasteiger charge is 2.29. The van der Waals surface area contributed by atoms with Crippen LogP contribution in [0.5, 0.6) is 5.75 Å². The first-order chi connectivity index (χ1) is 20.3. The van der Waals surface area contributed by atoms with Crippen molar-refractivity contribution in [1.82, 2.24) is 15.6 Å². The number of aliphatic carboxylic acids is 1. The van der Waals surface area contributed by atoms with Crippen molar-refractivity contribution in [2.75, 3.05) is 13.7 Å². The molecular weight excluding hydrogens is 542 g/mol. The molecule has 2 aromatic carbocycles. The highest BCUT2D eigenvalue weighted by molar-refractivity contribution is 5.89. The van der Waals surface area contributed by atoms with E-state index in [1.54, 1.807) is 19.2 Å². The second-order valence-corrected chi connectivity index (χ2v) is 10.4. The molecule has 0 bridgehead atoms. The molecule has 11 nitrogen and oxygen atoms in total. The first kappa shape index (κ1) is 30.6. The van der Waals surface area contributed by atoms with E-state index in [9.17, 15) is 19.5 Å². The van der Waals surface area contributed by atoms with E-state index in [0.717, 1.165) is 36.1 Å². The van der Waals surface area contributed by atoms with E-state index in [-0.39, 0.29) is 18.6 Å². The van der Waals surface area contributed by atoms with Gasteiger partial charge in [0.1, 0.15) is 29.9 Å². The Bertz CT molecular complexity index is 1340. The zero-order valence-corrected chi connectivity index (χ0v) is 23.8. The summed E-state index contributed by atoms with van der Waals surface area (Å²) < 4.78 is 22.3. The summed E-state index contributed by atoms with van der Waals surface area (Å²) in [7, 11) is 1.61. The van der Waals surface area contributed by atoms with Gasteiger partial charge in [-0.25, -0.2) is 9.78 Å². The topological polar surface area (TPSA) is 149 Å². The second kappa shape index (κ2) is 15.0. The quantitative estimate of drug-likeness (QED) is 0.264. The molecular formula is C31H37N3O8. The number of alkyl carbamates (subject to hydrolysis) is 1. The van der Waals surface area contributed by atoms with Crippen LogP contribution in [-0.2, 0) is 32.3 Å². The highest BCUT2D eigenvalue weighted by atomic mass is 16.5. The normalized spacial score (nSPS) is 17.2. The number of carboxylic acids is 1. The van der Waals surface area contributed by atoms with Crippen LogP contribution < -0.4 is 15.4 Å². The lowest BCUT2D eigenvalue weighted by atomic mass is 9.86. The summed E-state index contributed by atoms with van der Waals surface area (Å²) in [5.41, 5.74) is 2.31. The van der Waals surface area contributed by atoms with Gasteiger partial charge in [0.05, 0.1) is 20.1 Å². The zero-order chi connectivity index (χ0) is 29.9.